The normalized spacial score (nSPS) is 20.5. The van der Waals surface area contributed by atoms with Gasteiger partial charge >= 0.3 is 0 Å². The maximum absolute atomic E-state index is 14.2. The molecule has 26 heavy (non-hydrogen) atoms. The highest BCUT2D eigenvalue weighted by molar-refractivity contribution is 5.85. The van der Waals surface area contributed by atoms with E-state index in [0.717, 1.165) is 18.2 Å². The minimum absolute atomic E-state index is 0.0176. The average molecular weight is 359 g/mol. The Bertz CT molecular complexity index is 870. The van der Waals surface area contributed by atoms with Gasteiger partial charge in [0.2, 0.25) is 0 Å². The van der Waals surface area contributed by atoms with E-state index in [1.165, 1.54) is 18.5 Å². The molecule has 6 nitrogen and oxygen atoms in total. The summed E-state index contributed by atoms with van der Waals surface area (Å²) in [6, 6.07) is 7.91. The third kappa shape index (κ3) is 3.50. The number of halogens is 2. The second kappa shape index (κ2) is 6.95. The van der Waals surface area contributed by atoms with Crippen LogP contribution in [0.15, 0.2) is 42.9 Å². The Morgan fingerprint density at radius 2 is 2.04 bits per heavy atom. The van der Waals surface area contributed by atoms with Crippen LogP contribution in [0.4, 0.5) is 14.6 Å². The first-order valence-corrected chi connectivity index (χ1v) is 8.57. The van der Waals surface area contributed by atoms with Crippen molar-refractivity contribution in [2.24, 2.45) is 0 Å². The summed E-state index contributed by atoms with van der Waals surface area (Å²) in [5, 5.41) is 10.9. The molecule has 1 saturated carbocycles. The number of fused-ring (bicyclic) bond motifs is 1. The SMILES string of the molecule is FC(F)(CO[C@H]1CC[C@H](Nc2ncnc3[nH]ncc23)C1)c1ccccc1. The Morgan fingerprint density at radius 1 is 1.19 bits per heavy atom. The Morgan fingerprint density at radius 3 is 2.88 bits per heavy atom. The molecule has 8 heteroatoms. The van der Waals surface area contributed by atoms with Crippen molar-refractivity contribution in [3.63, 3.8) is 0 Å². The number of alkyl halides is 2. The number of nitrogens with one attached hydrogen (secondary N) is 2. The first kappa shape index (κ1) is 16.8. The molecular formula is C18H19F2N5O. The number of ether oxygens (including phenoxy) is 1. The van der Waals surface area contributed by atoms with Gasteiger partial charge in [-0.05, 0) is 19.3 Å². The number of rotatable bonds is 6. The lowest BCUT2D eigenvalue weighted by Crippen LogP contribution is -2.25. The van der Waals surface area contributed by atoms with Gasteiger partial charge in [0.15, 0.2) is 5.65 Å². The smallest absolute Gasteiger partial charge is 0.296 e. The molecule has 0 amide bonds. The van der Waals surface area contributed by atoms with Gasteiger partial charge < -0.3 is 10.1 Å². The highest BCUT2D eigenvalue weighted by Crippen LogP contribution is 2.32. The van der Waals surface area contributed by atoms with Gasteiger partial charge in [-0.25, -0.2) is 9.97 Å². The molecular weight excluding hydrogens is 340 g/mol. The maximum atomic E-state index is 14.2. The van der Waals surface area contributed by atoms with Crippen LogP contribution in [-0.2, 0) is 10.7 Å². The summed E-state index contributed by atoms with van der Waals surface area (Å²) >= 11 is 0. The Hall–Kier alpha value is -2.61. The number of hydrogen-bond donors (Lipinski definition) is 2. The molecule has 2 aromatic heterocycles. The second-order valence-electron chi connectivity index (χ2n) is 6.51. The molecule has 0 spiro atoms. The minimum atomic E-state index is -2.98. The van der Waals surface area contributed by atoms with Crippen molar-refractivity contribution >= 4 is 16.9 Å². The van der Waals surface area contributed by atoms with E-state index in [2.05, 4.69) is 25.5 Å². The van der Waals surface area contributed by atoms with Crippen molar-refractivity contribution in [1.82, 2.24) is 20.2 Å². The summed E-state index contributed by atoms with van der Waals surface area (Å²) in [6.07, 6.45) is 5.18. The van der Waals surface area contributed by atoms with E-state index in [9.17, 15) is 8.78 Å². The largest absolute Gasteiger partial charge is 0.371 e. The Balaban J connectivity index is 1.33. The number of H-pyrrole nitrogens is 1. The van der Waals surface area contributed by atoms with E-state index in [0.29, 0.717) is 17.9 Å². The fourth-order valence-corrected chi connectivity index (χ4v) is 3.28. The quantitative estimate of drug-likeness (QED) is 0.705. The van der Waals surface area contributed by atoms with Crippen LogP contribution >= 0.6 is 0 Å². The topological polar surface area (TPSA) is 75.7 Å². The van der Waals surface area contributed by atoms with Crippen LogP contribution in [0.2, 0.25) is 0 Å². The van der Waals surface area contributed by atoms with Gasteiger partial charge in [-0.15, -0.1) is 0 Å². The van der Waals surface area contributed by atoms with E-state index >= 15 is 0 Å². The number of nitrogens with zero attached hydrogens (tertiary/aromatic N) is 3. The molecule has 0 radical (unpaired) electrons. The van der Waals surface area contributed by atoms with Crippen LogP contribution < -0.4 is 5.32 Å². The molecule has 0 bridgehead atoms. The molecule has 0 aliphatic heterocycles. The summed E-state index contributed by atoms with van der Waals surface area (Å²) < 4.78 is 34.0. The van der Waals surface area contributed by atoms with E-state index in [-0.39, 0.29) is 17.7 Å². The summed E-state index contributed by atoms with van der Waals surface area (Å²) in [4.78, 5) is 8.35. The average Bonchev–Trinajstić information content (AvgIpc) is 3.31. The van der Waals surface area contributed by atoms with Crippen molar-refractivity contribution < 1.29 is 13.5 Å². The first-order chi connectivity index (χ1) is 12.6. The standard InChI is InChI=1S/C18H19F2N5O/c19-18(20,12-4-2-1-3-5-12)10-26-14-7-6-13(8-14)24-16-15-9-23-25-17(15)22-11-21-16/h1-5,9,11,13-14H,6-8,10H2,(H2,21,22,23,24,25)/t13-,14-/m0/s1. The summed E-state index contributed by atoms with van der Waals surface area (Å²) in [6.45, 7) is -0.603. The second-order valence-corrected chi connectivity index (χ2v) is 6.51. The van der Waals surface area contributed by atoms with Gasteiger partial charge in [-0.3, -0.25) is 5.10 Å². The molecule has 136 valence electrons. The zero-order chi connectivity index (χ0) is 18.0. The lowest BCUT2D eigenvalue weighted by atomic mass is 10.1. The number of benzene rings is 1. The number of hydrogen-bond acceptors (Lipinski definition) is 5. The van der Waals surface area contributed by atoms with E-state index in [1.54, 1.807) is 24.4 Å². The van der Waals surface area contributed by atoms with Crippen LogP contribution in [0, 0.1) is 0 Å². The van der Waals surface area contributed by atoms with Crippen LogP contribution in [-0.4, -0.2) is 38.9 Å². The highest BCUT2D eigenvalue weighted by atomic mass is 19.3. The fraction of sp³-hybridized carbons (Fsp3) is 0.389. The van der Waals surface area contributed by atoms with Crippen molar-refractivity contribution in [1.29, 1.82) is 0 Å². The van der Waals surface area contributed by atoms with Crippen molar-refractivity contribution in [3.05, 3.63) is 48.4 Å². The van der Waals surface area contributed by atoms with Crippen LogP contribution in [0.3, 0.4) is 0 Å². The molecule has 1 aromatic carbocycles. The molecule has 2 N–H and O–H groups in total. The van der Waals surface area contributed by atoms with E-state index in [4.69, 9.17) is 4.74 Å². The van der Waals surface area contributed by atoms with Gasteiger partial charge in [0.1, 0.15) is 18.8 Å². The monoisotopic (exact) mass is 359 g/mol. The molecule has 1 aliphatic carbocycles. The Kier molecular flexibility index (Phi) is 4.50. The Labute approximate surface area is 149 Å². The number of aromatic amines is 1. The predicted octanol–water partition coefficient (Wildman–Crippen LogP) is 3.49. The molecule has 0 saturated heterocycles. The van der Waals surface area contributed by atoms with Crippen molar-refractivity contribution in [3.8, 4) is 0 Å². The van der Waals surface area contributed by atoms with Gasteiger partial charge in [0, 0.05) is 11.6 Å². The lowest BCUT2D eigenvalue weighted by molar-refractivity contribution is -0.103. The van der Waals surface area contributed by atoms with Crippen LogP contribution in [0.25, 0.3) is 11.0 Å². The molecule has 1 aliphatic rings. The van der Waals surface area contributed by atoms with Gasteiger partial charge in [-0.1, -0.05) is 30.3 Å². The minimum Gasteiger partial charge on any atom is -0.371 e. The highest BCUT2D eigenvalue weighted by Gasteiger charge is 2.34. The summed E-state index contributed by atoms with van der Waals surface area (Å²) in [7, 11) is 0. The van der Waals surface area contributed by atoms with Gasteiger partial charge in [-0.2, -0.15) is 13.9 Å². The van der Waals surface area contributed by atoms with Gasteiger partial charge in [0.25, 0.3) is 5.92 Å². The maximum Gasteiger partial charge on any atom is 0.296 e. The summed E-state index contributed by atoms with van der Waals surface area (Å²) in [5.74, 6) is -2.29. The molecule has 4 rings (SSSR count). The molecule has 2 heterocycles. The van der Waals surface area contributed by atoms with Crippen molar-refractivity contribution in [2.45, 2.75) is 37.3 Å². The molecule has 0 unspecified atom stereocenters. The zero-order valence-corrected chi connectivity index (χ0v) is 14.0. The molecule has 1 fully saturated rings. The number of aromatic nitrogens is 4. The third-order valence-corrected chi connectivity index (χ3v) is 4.67. The summed E-state index contributed by atoms with van der Waals surface area (Å²) in [5.41, 5.74) is 0.645. The first-order valence-electron chi connectivity index (χ1n) is 8.57. The van der Waals surface area contributed by atoms with E-state index < -0.39 is 12.5 Å². The van der Waals surface area contributed by atoms with Crippen LogP contribution in [0.1, 0.15) is 24.8 Å². The number of anilines is 1. The molecule has 2 atom stereocenters. The zero-order valence-electron chi connectivity index (χ0n) is 14.0. The van der Waals surface area contributed by atoms with Crippen LogP contribution in [0.5, 0.6) is 0 Å². The predicted molar refractivity (Wildman–Crippen MR) is 93.0 cm³/mol. The third-order valence-electron chi connectivity index (χ3n) is 4.67. The van der Waals surface area contributed by atoms with Crippen molar-refractivity contribution in [2.75, 3.05) is 11.9 Å². The van der Waals surface area contributed by atoms with Gasteiger partial charge in [0.05, 0.1) is 17.7 Å². The fourth-order valence-electron chi connectivity index (χ4n) is 3.28. The molecule has 3 aromatic rings. The van der Waals surface area contributed by atoms with E-state index in [1.807, 2.05) is 0 Å². The lowest BCUT2D eigenvalue weighted by Gasteiger charge is -2.20.